The molecule has 18 nitrogen and oxygen atoms in total. The number of ether oxygens (including phenoxy) is 1. The monoisotopic (exact) mass is 706 g/mol. The maximum Gasteiger partial charge on any atom is 0.386 e. The zero-order valence-corrected chi connectivity index (χ0v) is 26.5. The van der Waals surface area contributed by atoms with Crippen molar-refractivity contribution in [2.45, 2.75) is 47.4 Å². The molecule has 0 saturated carbocycles. The number of fused-ring (bicyclic) bond motifs is 5. The Bertz CT molecular complexity index is 1890. The summed E-state index contributed by atoms with van der Waals surface area (Å²) in [5.74, 6) is 0.288. The van der Waals surface area contributed by atoms with Gasteiger partial charge in [0, 0.05) is 24.7 Å². The molecular weight excluding hydrogens is 682 g/mol. The molecule has 10 atom stereocenters. The lowest BCUT2D eigenvalue weighted by Gasteiger charge is -2.27. The molecule has 3 aliphatic heterocycles. The minimum Gasteiger partial charge on any atom is -0.387 e. The number of nitrogens with two attached hydrogens (primary N) is 1. The van der Waals surface area contributed by atoms with Gasteiger partial charge in [-0.15, -0.1) is 11.8 Å². The molecule has 0 spiro atoms. The number of nitrogens with zero attached hydrogens (tertiary/aromatic N) is 7. The van der Waals surface area contributed by atoms with E-state index in [1.54, 1.807) is 4.57 Å². The van der Waals surface area contributed by atoms with Crippen LogP contribution >= 0.6 is 49.9 Å². The van der Waals surface area contributed by atoms with Crippen LogP contribution < -0.4 is 11.3 Å². The molecule has 3 aliphatic rings. The van der Waals surface area contributed by atoms with E-state index in [-0.39, 0.29) is 23.8 Å². The van der Waals surface area contributed by atoms with Gasteiger partial charge in [0.2, 0.25) is 5.78 Å². The van der Waals surface area contributed by atoms with Crippen molar-refractivity contribution in [1.82, 2.24) is 33.5 Å². The second-order valence-electron chi connectivity index (χ2n) is 10.0. The molecule has 0 aliphatic carbocycles. The molecule has 4 aromatic heterocycles. The van der Waals surface area contributed by atoms with Gasteiger partial charge < -0.3 is 20.7 Å². The summed E-state index contributed by atoms with van der Waals surface area (Å²) in [4.78, 5) is 28.8. The van der Waals surface area contributed by atoms with Crippen LogP contribution in [0.25, 0.3) is 16.9 Å². The van der Waals surface area contributed by atoms with Gasteiger partial charge in [0.05, 0.1) is 24.8 Å². The smallest absolute Gasteiger partial charge is 0.386 e. The van der Waals surface area contributed by atoms with E-state index in [0.717, 1.165) is 11.8 Å². The highest BCUT2D eigenvalue weighted by atomic mass is 32.7. The van der Waals surface area contributed by atoms with Gasteiger partial charge in [-0.2, -0.15) is 0 Å². The van der Waals surface area contributed by atoms with Crippen molar-refractivity contribution in [3.63, 3.8) is 0 Å². The Morgan fingerprint density at radius 2 is 1.73 bits per heavy atom. The first kappa shape index (κ1) is 30.6. The Labute approximate surface area is 261 Å². The standard InChI is InChI=1S/C21H24N8O10P2S3/c22-17-12-18(25-7-24-17)29(8-26-12)20-14(32)15-10(44-20)6-36-41(34,43)39-16-13(31)9(5-35-40(33,42)38-15)37-19(16)28-3-1-11(30)27-4-2-23-21(27)28/h1-4,7-10,13-16,19-20,31-32H,5-6H2,(H,33,42)(H,34,43)(H2,22,24,25)/t9-,10-,13-,14-,15-,16-,19-,20-,40+,41-/m1/s1. The van der Waals surface area contributed by atoms with Gasteiger partial charge in [0.25, 0.3) is 5.56 Å². The lowest BCUT2D eigenvalue weighted by molar-refractivity contribution is -0.0506. The van der Waals surface area contributed by atoms with Crippen LogP contribution in [0, 0.1) is 0 Å². The highest BCUT2D eigenvalue weighted by Gasteiger charge is 2.53. The average molecular weight is 707 g/mol. The normalized spacial score (nSPS) is 38.3. The number of aliphatic hydroxyl groups excluding tert-OH is 2. The minimum absolute atomic E-state index is 0.141. The highest BCUT2D eigenvalue weighted by molar-refractivity contribution is 8.44. The van der Waals surface area contributed by atoms with Crippen LogP contribution in [0.2, 0.25) is 0 Å². The van der Waals surface area contributed by atoms with Crippen molar-refractivity contribution in [1.29, 1.82) is 0 Å². The van der Waals surface area contributed by atoms with E-state index in [1.165, 1.54) is 46.3 Å². The highest BCUT2D eigenvalue weighted by Crippen LogP contribution is 2.61. The molecule has 236 valence electrons. The van der Waals surface area contributed by atoms with E-state index < -0.39 is 67.6 Å². The molecule has 0 aromatic carbocycles. The Morgan fingerprint density at radius 3 is 2.52 bits per heavy atom. The molecule has 0 unspecified atom stereocenters. The van der Waals surface area contributed by atoms with Crippen molar-refractivity contribution in [2.75, 3.05) is 18.9 Å². The van der Waals surface area contributed by atoms with Crippen LogP contribution in [0.3, 0.4) is 0 Å². The third-order valence-corrected chi connectivity index (χ3v) is 12.1. The van der Waals surface area contributed by atoms with Gasteiger partial charge in [-0.25, -0.2) is 29.1 Å². The first-order chi connectivity index (χ1) is 20.9. The SMILES string of the molecule is Nc1ncnc2c1ncn2[C@@H]1S[C@@H]2CO[P@@](=O)(S)O[C@@H]3[C@H](O)[C@@H](CO[P@](=O)(S)O[C@H]2[C@H]1O)O[C@H]3n1ccc(=O)n2ccnc12. The largest absolute Gasteiger partial charge is 0.387 e. The van der Waals surface area contributed by atoms with Gasteiger partial charge in [0.15, 0.2) is 17.7 Å². The number of hydrogen-bond acceptors (Lipinski definition) is 16. The summed E-state index contributed by atoms with van der Waals surface area (Å²) >= 11 is 9.39. The Kier molecular flexibility index (Phi) is 7.91. The van der Waals surface area contributed by atoms with Crippen LogP contribution in [0.4, 0.5) is 5.82 Å². The lowest BCUT2D eigenvalue weighted by Crippen LogP contribution is -2.35. The number of thiol groups is 2. The van der Waals surface area contributed by atoms with E-state index >= 15 is 0 Å². The molecule has 3 fully saturated rings. The summed E-state index contributed by atoms with van der Waals surface area (Å²) in [5.41, 5.74) is 6.19. The molecular formula is C21H24N8O10P2S3. The number of imidazole rings is 2. The van der Waals surface area contributed by atoms with Crippen molar-refractivity contribution >= 4 is 72.6 Å². The van der Waals surface area contributed by atoms with Gasteiger partial charge in [-0.1, -0.05) is 24.5 Å². The van der Waals surface area contributed by atoms with Crippen LogP contribution in [0.15, 0.2) is 42.1 Å². The summed E-state index contributed by atoms with van der Waals surface area (Å²) in [7, 11) is 0. The minimum atomic E-state index is -4.26. The number of aliphatic hydroxyl groups is 2. The fourth-order valence-corrected chi connectivity index (χ4v) is 9.95. The summed E-state index contributed by atoms with van der Waals surface area (Å²) < 4.78 is 59.9. The quantitative estimate of drug-likeness (QED) is 0.145. The third kappa shape index (κ3) is 5.41. The van der Waals surface area contributed by atoms with E-state index in [4.69, 9.17) is 28.6 Å². The van der Waals surface area contributed by atoms with E-state index in [1.807, 2.05) is 0 Å². The first-order valence-electron chi connectivity index (χ1n) is 12.9. The van der Waals surface area contributed by atoms with Gasteiger partial charge in [-0.3, -0.25) is 36.4 Å². The molecule has 2 bridgehead atoms. The number of hydrogen-bond donors (Lipinski definition) is 5. The molecule has 4 N–H and O–H groups in total. The zero-order chi connectivity index (χ0) is 31.0. The van der Waals surface area contributed by atoms with Crippen molar-refractivity contribution in [2.24, 2.45) is 0 Å². The molecule has 0 radical (unpaired) electrons. The molecule has 7 heterocycles. The van der Waals surface area contributed by atoms with E-state index in [9.17, 15) is 24.1 Å². The number of anilines is 1. The second kappa shape index (κ2) is 11.4. The second-order valence-corrected chi connectivity index (χ2v) is 17.1. The first-order valence-corrected chi connectivity index (χ1v) is 19.2. The van der Waals surface area contributed by atoms with E-state index in [2.05, 4.69) is 44.4 Å². The third-order valence-electron chi connectivity index (χ3n) is 7.34. The summed E-state index contributed by atoms with van der Waals surface area (Å²) in [5, 5.41) is 20.9. The van der Waals surface area contributed by atoms with Crippen molar-refractivity contribution in [3.8, 4) is 0 Å². The fraction of sp³-hybridized carbons (Fsp3) is 0.476. The molecule has 7 rings (SSSR count). The fourth-order valence-electron chi connectivity index (χ4n) is 5.32. The van der Waals surface area contributed by atoms with Gasteiger partial charge >= 0.3 is 13.6 Å². The van der Waals surface area contributed by atoms with Crippen LogP contribution in [-0.2, 0) is 32.0 Å². The number of thioether (sulfide) groups is 1. The van der Waals surface area contributed by atoms with E-state index in [0.29, 0.717) is 11.2 Å². The Morgan fingerprint density at radius 1 is 0.977 bits per heavy atom. The van der Waals surface area contributed by atoms with Gasteiger partial charge in [-0.05, 0) is 0 Å². The lowest BCUT2D eigenvalue weighted by atomic mass is 10.1. The predicted molar refractivity (Wildman–Crippen MR) is 160 cm³/mol. The molecule has 44 heavy (non-hydrogen) atoms. The Balaban J connectivity index is 1.21. The molecule has 0 amide bonds. The summed E-state index contributed by atoms with van der Waals surface area (Å²) in [6.45, 7) is -9.37. The number of aromatic nitrogens is 7. The summed E-state index contributed by atoms with van der Waals surface area (Å²) in [6.07, 6.45) is -0.938. The molecule has 4 aromatic rings. The molecule has 3 saturated heterocycles. The van der Waals surface area contributed by atoms with Crippen molar-refractivity contribution in [3.05, 3.63) is 47.7 Å². The van der Waals surface area contributed by atoms with Crippen LogP contribution in [0.1, 0.15) is 11.6 Å². The number of rotatable bonds is 2. The summed E-state index contributed by atoms with van der Waals surface area (Å²) in [6, 6.07) is 1.25. The topological polar surface area (TPSA) is 230 Å². The van der Waals surface area contributed by atoms with Crippen molar-refractivity contribution < 1.29 is 42.2 Å². The average Bonchev–Trinajstić information content (AvgIpc) is 3.75. The maximum absolute atomic E-state index is 13.6. The van der Waals surface area contributed by atoms with Gasteiger partial charge in [0.1, 0.15) is 47.7 Å². The predicted octanol–water partition coefficient (Wildman–Crippen LogP) is 1.04. The zero-order valence-electron chi connectivity index (χ0n) is 22.1. The molecule has 23 heteroatoms. The van der Waals surface area contributed by atoms with Crippen LogP contribution in [-0.4, -0.2) is 92.7 Å². The Hall–Kier alpha value is -2.00. The van der Waals surface area contributed by atoms with Crippen LogP contribution in [0.5, 0.6) is 0 Å². The maximum atomic E-state index is 13.6. The number of nitrogen functional groups attached to an aromatic ring is 1.